The molecule has 0 aliphatic heterocycles. The van der Waals surface area contributed by atoms with Crippen molar-refractivity contribution in [2.45, 2.75) is 13.5 Å². The molecule has 0 saturated heterocycles. The summed E-state index contributed by atoms with van der Waals surface area (Å²) < 4.78 is 14.5. The van der Waals surface area contributed by atoms with E-state index in [1.807, 2.05) is 6.92 Å². The van der Waals surface area contributed by atoms with Gasteiger partial charge in [0.15, 0.2) is 0 Å². The molecule has 0 aromatic heterocycles. The van der Waals surface area contributed by atoms with E-state index < -0.39 is 0 Å². The molecule has 0 fully saturated rings. The molecular formula is C16H16BrFN2O. The van der Waals surface area contributed by atoms with Crippen LogP contribution in [-0.4, -0.2) is 12.5 Å². The van der Waals surface area contributed by atoms with Crippen LogP contribution in [0.1, 0.15) is 22.8 Å². The summed E-state index contributed by atoms with van der Waals surface area (Å²) in [7, 11) is 0. The Morgan fingerprint density at radius 2 is 1.90 bits per heavy atom. The highest BCUT2D eigenvalue weighted by molar-refractivity contribution is 9.10. The van der Waals surface area contributed by atoms with E-state index in [0.717, 1.165) is 10.2 Å². The van der Waals surface area contributed by atoms with Gasteiger partial charge in [-0.05, 0) is 49.4 Å². The summed E-state index contributed by atoms with van der Waals surface area (Å²) in [6, 6.07) is 11.9. The van der Waals surface area contributed by atoms with Gasteiger partial charge in [-0.15, -0.1) is 0 Å². The lowest BCUT2D eigenvalue weighted by Gasteiger charge is -2.09. The average Bonchev–Trinajstić information content (AvgIpc) is 2.49. The van der Waals surface area contributed by atoms with Crippen LogP contribution < -0.4 is 10.6 Å². The van der Waals surface area contributed by atoms with Crippen molar-refractivity contribution in [1.29, 1.82) is 0 Å². The lowest BCUT2D eigenvalue weighted by Crippen LogP contribution is -2.22. The van der Waals surface area contributed by atoms with Gasteiger partial charge in [0.1, 0.15) is 5.82 Å². The molecule has 0 aliphatic carbocycles. The van der Waals surface area contributed by atoms with E-state index in [1.165, 1.54) is 6.07 Å². The van der Waals surface area contributed by atoms with Gasteiger partial charge in [-0.2, -0.15) is 0 Å². The molecule has 0 aliphatic rings. The first kappa shape index (κ1) is 15.5. The van der Waals surface area contributed by atoms with Crippen LogP contribution in [0.3, 0.4) is 0 Å². The largest absolute Gasteiger partial charge is 0.381 e. The van der Waals surface area contributed by atoms with Crippen molar-refractivity contribution in [3.63, 3.8) is 0 Å². The minimum absolute atomic E-state index is 0.0953. The smallest absolute Gasteiger partial charge is 0.251 e. The molecule has 3 nitrogen and oxygen atoms in total. The highest BCUT2D eigenvalue weighted by atomic mass is 79.9. The molecule has 2 N–H and O–H groups in total. The van der Waals surface area contributed by atoms with Gasteiger partial charge in [-0.1, -0.05) is 15.9 Å². The predicted octanol–water partition coefficient (Wildman–Crippen LogP) is 3.95. The third-order valence-corrected chi connectivity index (χ3v) is 3.47. The molecule has 0 radical (unpaired) electrons. The zero-order valence-corrected chi connectivity index (χ0v) is 13.2. The first-order valence-electron chi connectivity index (χ1n) is 6.66. The third kappa shape index (κ3) is 4.29. The minimum Gasteiger partial charge on any atom is -0.381 e. The van der Waals surface area contributed by atoms with Crippen molar-refractivity contribution in [3.05, 3.63) is 63.9 Å². The van der Waals surface area contributed by atoms with E-state index in [9.17, 15) is 9.18 Å². The SMILES string of the molecule is CCNC(=O)c1ccc(NCc2cc(Br)ccc2F)cc1. The average molecular weight is 351 g/mol. The molecule has 0 bridgehead atoms. The normalized spacial score (nSPS) is 10.2. The van der Waals surface area contributed by atoms with Gasteiger partial charge in [-0.3, -0.25) is 4.79 Å². The zero-order valence-electron chi connectivity index (χ0n) is 11.6. The highest BCUT2D eigenvalue weighted by Gasteiger charge is 2.05. The van der Waals surface area contributed by atoms with Gasteiger partial charge in [0.2, 0.25) is 0 Å². The molecule has 2 rings (SSSR count). The van der Waals surface area contributed by atoms with Gasteiger partial charge >= 0.3 is 0 Å². The molecule has 0 spiro atoms. The lowest BCUT2D eigenvalue weighted by atomic mass is 10.1. The van der Waals surface area contributed by atoms with Crippen LogP contribution >= 0.6 is 15.9 Å². The van der Waals surface area contributed by atoms with Crippen LogP contribution in [0.25, 0.3) is 0 Å². The van der Waals surface area contributed by atoms with Crippen LogP contribution in [0.15, 0.2) is 46.9 Å². The maximum Gasteiger partial charge on any atom is 0.251 e. The fourth-order valence-electron chi connectivity index (χ4n) is 1.88. The number of carbonyl (C=O) groups excluding carboxylic acids is 1. The Labute approximate surface area is 131 Å². The number of amides is 1. The first-order valence-corrected chi connectivity index (χ1v) is 7.45. The van der Waals surface area contributed by atoms with Crippen molar-refractivity contribution in [2.24, 2.45) is 0 Å². The summed E-state index contributed by atoms with van der Waals surface area (Å²) in [6.45, 7) is 2.85. The molecule has 1 amide bonds. The summed E-state index contributed by atoms with van der Waals surface area (Å²) in [5, 5.41) is 5.87. The molecule has 2 aromatic carbocycles. The molecule has 21 heavy (non-hydrogen) atoms. The number of hydrogen-bond donors (Lipinski definition) is 2. The molecule has 2 aromatic rings. The highest BCUT2D eigenvalue weighted by Crippen LogP contribution is 2.17. The lowest BCUT2D eigenvalue weighted by molar-refractivity contribution is 0.0956. The summed E-state index contributed by atoms with van der Waals surface area (Å²) in [5.74, 6) is -0.341. The van der Waals surface area contributed by atoms with Crippen LogP contribution in [0.2, 0.25) is 0 Å². The van der Waals surface area contributed by atoms with Crippen LogP contribution in [0.4, 0.5) is 10.1 Å². The standard InChI is InChI=1S/C16H16BrFN2O/c1-2-19-16(21)11-3-6-14(7-4-11)20-10-12-9-13(17)5-8-15(12)18/h3-9,20H,2,10H2,1H3,(H,19,21). The molecule has 5 heteroatoms. The van der Waals surface area contributed by atoms with Gasteiger partial charge in [-0.25, -0.2) is 4.39 Å². The summed E-state index contributed by atoms with van der Waals surface area (Å²) in [6.07, 6.45) is 0. The topological polar surface area (TPSA) is 41.1 Å². The van der Waals surface area contributed by atoms with Crippen LogP contribution in [0, 0.1) is 5.82 Å². The van der Waals surface area contributed by atoms with Gasteiger partial charge in [0, 0.05) is 34.4 Å². The van der Waals surface area contributed by atoms with Crippen molar-refractivity contribution in [2.75, 3.05) is 11.9 Å². The number of nitrogens with one attached hydrogen (secondary N) is 2. The van der Waals surface area contributed by atoms with E-state index in [2.05, 4.69) is 26.6 Å². The van der Waals surface area contributed by atoms with Gasteiger partial charge < -0.3 is 10.6 Å². The number of carbonyl (C=O) groups is 1. The number of halogens is 2. The third-order valence-electron chi connectivity index (χ3n) is 2.98. The summed E-state index contributed by atoms with van der Waals surface area (Å²) >= 11 is 3.32. The fourth-order valence-corrected chi connectivity index (χ4v) is 2.29. The molecule has 0 saturated carbocycles. The van der Waals surface area contributed by atoms with E-state index in [4.69, 9.17) is 0 Å². The Kier molecular flexibility index (Phi) is 5.33. The monoisotopic (exact) mass is 350 g/mol. The minimum atomic E-state index is -0.246. The second-order valence-electron chi connectivity index (χ2n) is 4.53. The maximum absolute atomic E-state index is 13.6. The number of rotatable bonds is 5. The molecule has 0 atom stereocenters. The Balaban J connectivity index is 2.00. The first-order chi connectivity index (χ1) is 10.1. The quantitative estimate of drug-likeness (QED) is 0.857. The van der Waals surface area contributed by atoms with Gasteiger partial charge in [0.25, 0.3) is 5.91 Å². The second-order valence-corrected chi connectivity index (χ2v) is 5.44. The van der Waals surface area contributed by atoms with Crippen molar-refractivity contribution in [1.82, 2.24) is 5.32 Å². The predicted molar refractivity (Wildman–Crippen MR) is 85.9 cm³/mol. The Hall–Kier alpha value is -1.88. The van der Waals surface area contributed by atoms with Crippen LogP contribution in [-0.2, 0) is 6.54 Å². The second kappa shape index (κ2) is 7.22. The van der Waals surface area contributed by atoms with E-state index >= 15 is 0 Å². The van der Waals surface area contributed by atoms with Gasteiger partial charge in [0.05, 0.1) is 0 Å². The fraction of sp³-hybridized carbons (Fsp3) is 0.188. The van der Waals surface area contributed by atoms with Crippen LogP contribution in [0.5, 0.6) is 0 Å². The Morgan fingerprint density at radius 3 is 2.57 bits per heavy atom. The Morgan fingerprint density at radius 1 is 1.19 bits per heavy atom. The summed E-state index contributed by atoms with van der Waals surface area (Å²) in [5.41, 5.74) is 2.02. The van der Waals surface area contributed by atoms with Crippen molar-refractivity contribution < 1.29 is 9.18 Å². The molecule has 0 heterocycles. The number of anilines is 1. The van der Waals surface area contributed by atoms with Crippen molar-refractivity contribution >= 4 is 27.5 Å². The molecule has 110 valence electrons. The molecule has 0 unspecified atom stereocenters. The molecular weight excluding hydrogens is 335 g/mol. The van der Waals surface area contributed by atoms with E-state index in [0.29, 0.717) is 24.2 Å². The Bertz CT molecular complexity index is 629. The zero-order chi connectivity index (χ0) is 15.2. The van der Waals surface area contributed by atoms with E-state index in [-0.39, 0.29) is 11.7 Å². The summed E-state index contributed by atoms with van der Waals surface area (Å²) in [4.78, 5) is 11.6. The number of hydrogen-bond acceptors (Lipinski definition) is 2. The van der Waals surface area contributed by atoms with Crippen molar-refractivity contribution in [3.8, 4) is 0 Å². The number of benzene rings is 2. The maximum atomic E-state index is 13.6. The van der Waals surface area contributed by atoms with E-state index in [1.54, 1.807) is 36.4 Å².